The van der Waals surface area contributed by atoms with Crippen LogP contribution in [0.15, 0.2) is 30.6 Å². The lowest BCUT2D eigenvalue weighted by molar-refractivity contribution is -0.118. The molecule has 1 aromatic heterocycles. The number of rotatable bonds is 2. The molecule has 1 N–H and O–H groups in total. The molecule has 2 amide bonds. The number of benzene rings is 1. The van der Waals surface area contributed by atoms with Crippen LogP contribution < -0.4 is 10.1 Å². The van der Waals surface area contributed by atoms with Crippen molar-refractivity contribution >= 4 is 17.5 Å². The van der Waals surface area contributed by atoms with Gasteiger partial charge in [-0.2, -0.15) is 5.10 Å². The van der Waals surface area contributed by atoms with Gasteiger partial charge in [0.2, 0.25) is 0 Å². The second kappa shape index (κ2) is 5.67. The van der Waals surface area contributed by atoms with Gasteiger partial charge in [-0.3, -0.25) is 14.3 Å². The molecule has 1 aromatic carbocycles. The van der Waals surface area contributed by atoms with Crippen molar-refractivity contribution in [2.24, 2.45) is 7.05 Å². The number of aryl methyl sites for hydroxylation is 1. The van der Waals surface area contributed by atoms with Gasteiger partial charge < -0.3 is 15.0 Å². The topological polar surface area (TPSA) is 76.5 Å². The molecule has 3 heterocycles. The zero-order chi connectivity index (χ0) is 16.7. The number of aromatic nitrogens is 2. The number of nitrogens with zero attached hydrogens (tertiary/aromatic N) is 3. The predicted molar refractivity (Wildman–Crippen MR) is 86.8 cm³/mol. The van der Waals surface area contributed by atoms with Gasteiger partial charge >= 0.3 is 0 Å². The Kier molecular flexibility index (Phi) is 3.48. The fourth-order valence-electron chi connectivity index (χ4n) is 3.35. The molecule has 2 aliphatic heterocycles. The predicted octanol–water partition coefficient (Wildman–Crippen LogP) is 1.73. The Labute approximate surface area is 139 Å². The Morgan fingerprint density at radius 2 is 2.29 bits per heavy atom. The van der Waals surface area contributed by atoms with Crippen LogP contribution in [0.2, 0.25) is 0 Å². The first-order valence-corrected chi connectivity index (χ1v) is 7.98. The van der Waals surface area contributed by atoms with Crippen LogP contribution in [0, 0.1) is 0 Å². The van der Waals surface area contributed by atoms with Crippen molar-refractivity contribution in [3.05, 3.63) is 41.7 Å². The van der Waals surface area contributed by atoms with Gasteiger partial charge in [0.1, 0.15) is 5.75 Å². The van der Waals surface area contributed by atoms with Gasteiger partial charge in [0, 0.05) is 30.9 Å². The Morgan fingerprint density at radius 3 is 3.08 bits per heavy atom. The van der Waals surface area contributed by atoms with Crippen LogP contribution in [-0.2, 0) is 11.8 Å². The van der Waals surface area contributed by atoms with Crippen molar-refractivity contribution in [2.45, 2.75) is 18.9 Å². The first-order valence-electron chi connectivity index (χ1n) is 7.98. The van der Waals surface area contributed by atoms with E-state index in [0.29, 0.717) is 17.0 Å². The number of hydrogen-bond acceptors (Lipinski definition) is 4. The van der Waals surface area contributed by atoms with Crippen LogP contribution >= 0.6 is 0 Å². The third kappa shape index (κ3) is 2.51. The van der Waals surface area contributed by atoms with Crippen LogP contribution in [-0.4, -0.2) is 39.6 Å². The van der Waals surface area contributed by atoms with E-state index in [-0.39, 0.29) is 24.5 Å². The maximum atomic E-state index is 12.9. The van der Waals surface area contributed by atoms with Crippen LogP contribution in [0.25, 0.3) is 0 Å². The molecular formula is C17H18N4O3. The summed E-state index contributed by atoms with van der Waals surface area (Å²) in [6.45, 7) is 0.730. The maximum Gasteiger partial charge on any atom is 0.262 e. The van der Waals surface area contributed by atoms with Gasteiger partial charge in [0.25, 0.3) is 11.8 Å². The second-order valence-electron chi connectivity index (χ2n) is 6.15. The van der Waals surface area contributed by atoms with Crippen LogP contribution in [0.3, 0.4) is 0 Å². The smallest absolute Gasteiger partial charge is 0.262 e. The van der Waals surface area contributed by atoms with E-state index >= 15 is 0 Å². The standard InChI is InChI=1S/C17H18N4O3/c1-20-9-12(8-18-20)14-3-2-6-21(14)17(23)11-4-5-15-13(7-11)19-16(22)10-24-15/h4-5,7-9,14H,2-3,6,10H2,1H3,(H,19,22). The normalized spacial score (nSPS) is 19.6. The zero-order valence-corrected chi connectivity index (χ0v) is 13.4. The van der Waals surface area contributed by atoms with Crippen LogP contribution in [0.4, 0.5) is 5.69 Å². The summed E-state index contributed by atoms with van der Waals surface area (Å²) < 4.78 is 7.09. The molecule has 0 saturated carbocycles. The molecule has 0 aliphatic carbocycles. The van der Waals surface area contributed by atoms with Gasteiger partial charge in [-0.1, -0.05) is 0 Å². The van der Waals surface area contributed by atoms with E-state index < -0.39 is 0 Å². The molecule has 24 heavy (non-hydrogen) atoms. The fourth-order valence-corrected chi connectivity index (χ4v) is 3.35. The van der Waals surface area contributed by atoms with Crippen LogP contribution in [0.1, 0.15) is 34.8 Å². The minimum atomic E-state index is -0.207. The molecule has 124 valence electrons. The number of likely N-dealkylation sites (tertiary alicyclic amines) is 1. The number of carbonyl (C=O) groups excluding carboxylic acids is 2. The molecule has 4 rings (SSSR count). The molecule has 0 spiro atoms. The number of fused-ring (bicyclic) bond motifs is 1. The molecule has 7 heteroatoms. The monoisotopic (exact) mass is 326 g/mol. The molecule has 1 saturated heterocycles. The van der Waals surface area contributed by atoms with Crippen molar-refractivity contribution < 1.29 is 14.3 Å². The maximum absolute atomic E-state index is 12.9. The molecule has 2 aliphatic rings. The SMILES string of the molecule is Cn1cc(C2CCCN2C(=O)c2ccc3c(c2)NC(=O)CO3)cn1. The third-order valence-electron chi connectivity index (χ3n) is 4.48. The van der Waals surface area contributed by atoms with E-state index in [1.165, 1.54) is 0 Å². The van der Waals surface area contributed by atoms with E-state index in [1.807, 2.05) is 24.3 Å². The molecular weight excluding hydrogens is 308 g/mol. The highest BCUT2D eigenvalue weighted by Gasteiger charge is 2.32. The first kappa shape index (κ1) is 14.7. The largest absolute Gasteiger partial charge is 0.482 e. The van der Waals surface area contributed by atoms with Crippen molar-refractivity contribution in [1.29, 1.82) is 0 Å². The summed E-state index contributed by atoms with van der Waals surface area (Å²) in [7, 11) is 1.87. The first-order chi connectivity index (χ1) is 11.6. The fraction of sp³-hybridized carbons (Fsp3) is 0.353. The van der Waals surface area contributed by atoms with E-state index in [1.54, 1.807) is 22.9 Å². The van der Waals surface area contributed by atoms with E-state index in [9.17, 15) is 9.59 Å². The van der Waals surface area contributed by atoms with Crippen molar-refractivity contribution in [3.8, 4) is 5.75 Å². The Hall–Kier alpha value is -2.83. The summed E-state index contributed by atoms with van der Waals surface area (Å²) >= 11 is 0. The zero-order valence-electron chi connectivity index (χ0n) is 13.4. The lowest BCUT2D eigenvalue weighted by atomic mass is 10.1. The van der Waals surface area contributed by atoms with E-state index in [4.69, 9.17) is 4.74 Å². The quantitative estimate of drug-likeness (QED) is 0.912. The molecule has 0 radical (unpaired) electrons. The molecule has 1 fully saturated rings. The molecule has 1 unspecified atom stereocenters. The summed E-state index contributed by atoms with van der Waals surface area (Å²) in [4.78, 5) is 26.3. The second-order valence-corrected chi connectivity index (χ2v) is 6.15. The third-order valence-corrected chi connectivity index (χ3v) is 4.48. The van der Waals surface area contributed by atoms with Gasteiger partial charge in [0.05, 0.1) is 17.9 Å². The summed E-state index contributed by atoms with van der Waals surface area (Å²) in [5, 5.41) is 6.95. The van der Waals surface area contributed by atoms with Gasteiger partial charge in [-0.25, -0.2) is 0 Å². The number of ether oxygens (including phenoxy) is 1. The Bertz CT molecular complexity index is 814. The van der Waals surface area contributed by atoms with Crippen LogP contribution in [0.5, 0.6) is 5.75 Å². The highest BCUT2D eigenvalue weighted by atomic mass is 16.5. The highest BCUT2D eigenvalue weighted by molar-refractivity contribution is 6.00. The van der Waals surface area contributed by atoms with E-state index in [2.05, 4.69) is 10.4 Å². The lowest BCUT2D eigenvalue weighted by Gasteiger charge is -2.25. The average molecular weight is 326 g/mol. The van der Waals surface area contributed by atoms with Gasteiger partial charge in [0.15, 0.2) is 6.61 Å². The van der Waals surface area contributed by atoms with Crippen molar-refractivity contribution in [1.82, 2.24) is 14.7 Å². The number of hydrogen-bond donors (Lipinski definition) is 1. The Balaban J connectivity index is 1.61. The van der Waals surface area contributed by atoms with Gasteiger partial charge in [-0.15, -0.1) is 0 Å². The number of nitrogens with one attached hydrogen (secondary N) is 1. The number of anilines is 1. The molecule has 7 nitrogen and oxygen atoms in total. The summed E-state index contributed by atoms with van der Waals surface area (Å²) in [6, 6.07) is 5.22. The van der Waals surface area contributed by atoms with Crippen molar-refractivity contribution in [3.63, 3.8) is 0 Å². The lowest BCUT2D eigenvalue weighted by Crippen LogP contribution is -2.31. The summed E-state index contributed by atoms with van der Waals surface area (Å²) in [6.07, 6.45) is 5.67. The number of carbonyl (C=O) groups is 2. The number of amides is 2. The van der Waals surface area contributed by atoms with E-state index in [0.717, 1.165) is 24.9 Å². The molecule has 1 atom stereocenters. The minimum Gasteiger partial charge on any atom is -0.482 e. The Morgan fingerprint density at radius 1 is 1.42 bits per heavy atom. The van der Waals surface area contributed by atoms with Crippen molar-refractivity contribution in [2.75, 3.05) is 18.5 Å². The summed E-state index contributed by atoms with van der Waals surface area (Å²) in [5.74, 6) is 0.349. The molecule has 2 aromatic rings. The van der Waals surface area contributed by atoms with Gasteiger partial charge in [-0.05, 0) is 31.0 Å². The highest BCUT2D eigenvalue weighted by Crippen LogP contribution is 2.34. The average Bonchev–Trinajstić information content (AvgIpc) is 3.22. The molecule has 0 bridgehead atoms. The minimum absolute atomic E-state index is 0.00942. The summed E-state index contributed by atoms with van der Waals surface area (Å²) in [5.41, 5.74) is 2.16.